The predicted molar refractivity (Wildman–Crippen MR) is 113 cm³/mol. The van der Waals surface area contributed by atoms with Crippen LogP contribution in [0.15, 0.2) is 60.7 Å². The van der Waals surface area contributed by atoms with Crippen molar-refractivity contribution in [2.24, 2.45) is 0 Å². The second-order valence-corrected chi connectivity index (χ2v) is 7.28. The van der Waals surface area contributed by atoms with Gasteiger partial charge in [-0.1, -0.05) is 42.5 Å². The molecule has 0 bridgehead atoms. The molecular weight excluding hydrogens is 367 g/mol. The Balaban J connectivity index is 1.34. The number of Topliss-reactive ketones (excluding diaryl/α,β-unsaturated/α-hetero) is 1. The third-order valence-electron chi connectivity index (χ3n) is 5.16. The average molecular weight is 394 g/mol. The highest BCUT2D eigenvalue weighted by Crippen LogP contribution is 2.11. The third-order valence-corrected chi connectivity index (χ3v) is 5.16. The summed E-state index contributed by atoms with van der Waals surface area (Å²) in [6, 6.07) is 15.8. The molecular formula is C24H27FN2O2. The van der Waals surface area contributed by atoms with Crippen LogP contribution >= 0.6 is 0 Å². The van der Waals surface area contributed by atoms with E-state index in [1.807, 2.05) is 23.1 Å². The zero-order valence-electron chi connectivity index (χ0n) is 16.6. The van der Waals surface area contributed by atoms with Crippen LogP contribution in [0.2, 0.25) is 0 Å². The third kappa shape index (κ3) is 6.64. The topological polar surface area (TPSA) is 40.6 Å². The van der Waals surface area contributed by atoms with Crippen molar-refractivity contribution in [1.82, 2.24) is 9.80 Å². The molecule has 0 aromatic heterocycles. The number of carbonyl (C=O) groups is 2. The molecule has 1 heterocycles. The van der Waals surface area contributed by atoms with E-state index in [4.69, 9.17) is 0 Å². The molecule has 3 rings (SSSR count). The highest BCUT2D eigenvalue weighted by Gasteiger charge is 2.20. The van der Waals surface area contributed by atoms with Crippen LogP contribution in [0.25, 0.3) is 6.08 Å². The second-order valence-electron chi connectivity index (χ2n) is 7.28. The van der Waals surface area contributed by atoms with Crippen molar-refractivity contribution in [1.29, 1.82) is 0 Å². The Labute approximate surface area is 171 Å². The van der Waals surface area contributed by atoms with Crippen LogP contribution < -0.4 is 0 Å². The van der Waals surface area contributed by atoms with Crippen LogP contribution in [-0.4, -0.2) is 54.2 Å². The molecule has 1 fully saturated rings. The first-order valence-corrected chi connectivity index (χ1v) is 10.1. The Kier molecular flexibility index (Phi) is 7.70. The molecule has 2 aromatic rings. The quantitative estimate of drug-likeness (QED) is 0.635. The van der Waals surface area contributed by atoms with Crippen molar-refractivity contribution in [3.05, 3.63) is 77.6 Å². The van der Waals surface area contributed by atoms with E-state index in [2.05, 4.69) is 29.2 Å². The van der Waals surface area contributed by atoms with Gasteiger partial charge in [0.05, 0.1) is 0 Å². The van der Waals surface area contributed by atoms with E-state index >= 15 is 0 Å². The van der Waals surface area contributed by atoms with Gasteiger partial charge in [-0.05, 0) is 36.2 Å². The Morgan fingerprint density at radius 1 is 0.897 bits per heavy atom. The van der Waals surface area contributed by atoms with Crippen molar-refractivity contribution >= 4 is 17.8 Å². The van der Waals surface area contributed by atoms with Crippen LogP contribution in [0, 0.1) is 5.82 Å². The molecule has 0 saturated carbocycles. The number of amides is 1. The Bertz CT molecular complexity index is 826. The van der Waals surface area contributed by atoms with Crippen molar-refractivity contribution in [3.63, 3.8) is 0 Å². The standard InChI is InChI=1S/C24H27FN2O2/c25-22-13-11-21(12-14-22)23(28)9-4-10-24(29)27-18-16-26(17-19-27)15-5-8-20-6-2-1-3-7-20/h1-3,5-8,11-14H,4,9-10,15-19H2/b8-5+. The van der Waals surface area contributed by atoms with Gasteiger partial charge in [-0.3, -0.25) is 14.5 Å². The van der Waals surface area contributed by atoms with E-state index in [9.17, 15) is 14.0 Å². The van der Waals surface area contributed by atoms with Crippen LogP contribution in [0.4, 0.5) is 4.39 Å². The monoisotopic (exact) mass is 394 g/mol. The number of halogens is 1. The minimum Gasteiger partial charge on any atom is -0.340 e. The fourth-order valence-corrected chi connectivity index (χ4v) is 3.42. The molecule has 1 saturated heterocycles. The molecule has 4 nitrogen and oxygen atoms in total. The number of benzene rings is 2. The summed E-state index contributed by atoms with van der Waals surface area (Å²) in [6.07, 6.45) is 5.49. The van der Waals surface area contributed by atoms with Gasteiger partial charge < -0.3 is 4.90 Å². The van der Waals surface area contributed by atoms with E-state index in [1.165, 1.54) is 29.8 Å². The lowest BCUT2D eigenvalue weighted by molar-refractivity contribution is -0.132. The lowest BCUT2D eigenvalue weighted by Gasteiger charge is -2.34. The Morgan fingerprint density at radius 3 is 2.28 bits per heavy atom. The van der Waals surface area contributed by atoms with Crippen molar-refractivity contribution in [2.75, 3.05) is 32.7 Å². The molecule has 152 valence electrons. The summed E-state index contributed by atoms with van der Waals surface area (Å²) in [4.78, 5) is 28.7. The normalized spacial score (nSPS) is 15.0. The zero-order valence-corrected chi connectivity index (χ0v) is 16.6. The van der Waals surface area contributed by atoms with Gasteiger partial charge in [0.1, 0.15) is 5.82 Å². The summed E-state index contributed by atoms with van der Waals surface area (Å²) in [5.41, 5.74) is 1.69. The van der Waals surface area contributed by atoms with Gasteiger partial charge in [0, 0.05) is 51.1 Å². The molecule has 2 aromatic carbocycles. The minimum absolute atomic E-state index is 0.0483. The highest BCUT2D eigenvalue weighted by atomic mass is 19.1. The van der Waals surface area contributed by atoms with E-state index < -0.39 is 0 Å². The van der Waals surface area contributed by atoms with Crippen LogP contribution in [-0.2, 0) is 4.79 Å². The average Bonchev–Trinajstić information content (AvgIpc) is 2.75. The zero-order chi connectivity index (χ0) is 20.5. The maximum Gasteiger partial charge on any atom is 0.222 e. The fraction of sp³-hybridized carbons (Fsp3) is 0.333. The first-order valence-electron chi connectivity index (χ1n) is 10.1. The number of carbonyl (C=O) groups excluding carboxylic acids is 2. The summed E-state index contributed by atoms with van der Waals surface area (Å²) in [6.45, 7) is 4.05. The van der Waals surface area contributed by atoms with Gasteiger partial charge in [-0.25, -0.2) is 4.39 Å². The maximum absolute atomic E-state index is 12.9. The molecule has 29 heavy (non-hydrogen) atoms. The molecule has 1 aliphatic rings. The molecule has 0 atom stereocenters. The maximum atomic E-state index is 12.9. The Morgan fingerprint density at radius 2 is 1.59 bits per heavy atom. The van der Waals surface area contributed by atoms with E-state index in [-0.39, 0.29) is 17.5 Å². The fourth-order valence-electron chi connectivity index (χ4n) is 3.42. The van der Waals surface area contributed by atoms with Gasteiger partial charge >= 0.3 is 0 Å². The van der Waals surface area contributed by atoms with Gasteiger partial charge in [0.15, 0.2) is 5.78 Å². The van der Waals surface area contributed by atoms with Crippen LogP contribution in [0.5, 0.6) is 0 Å². The van der Waals surface area contributed by atoms with Crippen molar-refractivity contribution < 1.29 is 14.0 Å². The molecule has 5 heteroatoms. The van der Waals surface area contributed by atoms with Crippen molar-refractivity contribution in [3.8, 4) is 0 Å². The number of piperazine rings is 1. The second kappa shape index (κ2) is 10.7. The SMILES string of the molecule is O=C(CCCC(=O)N1CCN(C/C=C/c2ccccc2)CC1)c1ccc(F)cc1. The molecule has 0 unspecified atom stereocenters. The van der Waals surface area contributed by atoms with E-state index in [0.717, 1.165) is 32.7 Å². The molecule has 0 aliphatic carbocycles. The minimum atomic E-state index is -0.355. The first kappa shape index (κ1) is 20.9. The highest BCUT2D eigenvalue weighted by molar-refractivity contribution is 5.96. The van der Waals surface area contributed by atoms with Crippen LogP contribution in [0.1, 0.15) is 35.2 Å². The van der Waals surface area contributed by atoms with E-state index in [1.54, 1.807) is 0 Å². The number of ketones is 1. The summed E-state index contributed by atoms with van der Waals surface area (Å²) in [7, 11) is 0. The number of rotatable bonds is 8. The summed E-state index contributed by atoms with van der Waals surface area (Å²) in [5.74, 6) is -0.296. The summed E-state index contributed by atoms with van der Waals surface area (Å²) in [5, 5.41) is 0. The molecule has 0 radical (unpaired) electrons. The van der Waals surface area contributed by atoms with Gasteiger partial charge in [0.25, 0.3) is 0 Å². The smallest absolute Gasteiger partial charge is 0.222 e. The molecule has 0 N–H and O–H groups in total. The summed E-state index contributed by atoms with van der Waals surface area (Å²) < 4.78 is 12.9. The van der Waals surface area contributed by atoms with E-state index in [0.29, 0.717) is 24.8 Å². The largest absolute Gasteiger partial charge is 0.340 e. The van der Waals surface area contributed by atoms with Crippen LogP contribution in [0.3, 0.4) is 0 Å². The number of nitrogens with zero attached hydrogens (tertiary/aromatic N) is 2. The van der Waals surface area contributed by atoms with Crippen molar-refractivity contribution in [2.45, 2.75) is 19.3 Å². The van der Waals surface area contributed by atoms with Gasteiger partial charge in [0.2, 0.25) is 5.91 Å². The van der Waals surface area contributed by atoms with Gasteiger partial charge in [-0.2, -0.15) is 0 Å². The molecule has 1 amide bonds. The number of hydrogen-bond acceptors (Lipinski definition) is 3. The predicted octanol–water partition coefficient (Wildman–Crippen LogP) is 4.04. The molecule has 1 aliphatic heterocycles. The first-order chi connectivity index (χ1) is 14.1. The molecule has 0 spiro atoms. The lowest BCUT2D eigenvalue weighted by atomic mass is 10.1. The Hall–Kier alpha value is -2.79. The van der Waals surface area contributed by atoms with Gasteiger partial charge in [-0.15, -0.1) is 0 Å². The summed E-state index contributed by atoms with van der Waals surface area (Å²) >= 11 is 0. The number of hydrogen-bond donors (Lipinski definition) is 0. The lowest BCUT2D eigenvalue weighted by Crippen LogP contribution is -2.48.